The molecule has 1 N–H and O–H groups in total. The largest absolute Gasteiger partial charge is 0.383 e. The Bertz CT molecular complexity index is 316. The number of rotatable bonds is 8. The summed E-state index contributed by atoms with van der Waals surface area (Å²) in [5, 5.41) is 4.25. The maximum Gasteiger partial charge on any atom is 0.182 e. The van der Waals surface area contributed by atoms with E-state index >= 15 is 0 Å². The minimum absolute atomic E-state index is 0.440. The SMILES string of the molecule is CCNc1ncc(CN(CC)C(C)COC)s1. The summed E-state index contributed by atoms with van der Waals surface area (Å²) < 4.78 is 5.20. The molecular formula is C12H23N3OS. The van der Waals surface area contributed by atoms with Gasteiger partial charge in [0.15, 0.2) is 5.13 Å². The van der Waals surface area contributed by atoms with E-state index in [1.807, 2.05) is 6.20 Å². The van der Waals surface area contributed by atoms with E-state index in [1.54, 1.807) is 18.4 Å². The highest BCUT2D eigenvalue weighted by molar-refractivity contribution is 7.15. The summed E-state index contributed by atoms with van der Waals surface area (Å²) >= 11 is 1.73. The van der Waals surface area contributed by atoms with E-state index in [2.05, 4.69) is 36.0 Å². The maximum atomic E-state index is 5.20. The van der Waals surface area contributed by atoms with E-state index in [9.17, 15) is 0 Å². The van der Waals surface area contributed by atoms with Crippen LogP contribution in [0.4, 0.5) is 5.13 Å². The van der Waals surface area contributed by atoms with Gasteiger partial charge in [-0.15, -0.1) is 11.3 Å². The number of methoxy groups -OCH3 is 1. The predicted octanol–water partition coefficient (Wildman–Crippen LogP) is 2.43. The third-order valence-corrected chi connectivity index (χ3v) is 3.62. The molecule has 5 heteroatoms. The molecule has 17 heavy (non-hydrogen) atoms. The van der Waals surface area contributed by atoms with Crippen LogP contribution >= 0.6 is 11.3 Å². The van der Waals surface area contributed by atoms with Crippen LogP contribution in [0.3, 0.4) is 0 Å². The highest BCUT2D eigenvalue weighted by atomic mass is 32.1. The number of thiazole rings is 1. The molecule has 1 unspecified atom stereocenters. The molecule has 0 fully saturated rings. The van der Waals surface area contributed by atoms with Crippen molar-refractivity contribution in [1.82, 2.24) is 9.88 Å². The molecule has 0 aliphatic heterocycles. The van der Waals surface area contributed by atoms with Gasteiger partial charge in [-0.05, 0) is 20.4 Å². The second-order valence-electron chi connectivity index (χ2n) is 4.03. The molecule has 0 saturated carbocycles. The second kappa shape index (κ2) is 7.63. The Morgan fingerprint density at radius 1 is 1.53 bits per heavy atom. The predicted molar refractivity (Wildman–Crippen MR) is 73.7 cm³/mol. The van der Waals surface area contributed by atoms with Gasteiger partial charge in [0.1, 0.15) is 0 Å². The van der Waals surface area contributed by atoms with Crippen LogP contribution in [-0.4, -0.2) is 42.7 Å². The zero-order valence-electron chi connectivity index (χ0n) is 11.2. The molecule has 1 heterocycles. The Morgan fingerprint density at radius 3 is 2.88 bits per heavy atom. The number of anilines is 1. The number of aromatic nitrogens is 1. The Labute approximate surface area is 108 Å². The highest BCUT2D eigenvalue weighted by Crippen LogP contribution is 2.20. The summed E-state index contributed by atoms with van der Waals surface area (Å²) in [7, 11) is 1.75. The molecule has 4 nitrogen and oxygen atoms in total. The lowest BCUT2D eigenvalue weighted by Crippen LogP contribution is -2.35. The van der Waals surface area contributed by atoms with Gasteiger partial charge in [-0.3, -0.25) is 4.90 Å². The van der Waals surface area contributed by atoms with Crippen LogP contribution < -0.4 is 5.32 Å². The van der Waals surface area contributed by atoms with Gasteiger partial charge < -0.3 is 10.1 Å². The van der Waals surface area contributed by atoms with Gasteiger partial charge in [0, 0.05) is 37.3 Å². The summed E-state index contributed by atoms with van der Waals surface area (Å²) in [4.78, 5) is 8.04. The lowest BCUT2D eigenvalue weighted by Gasteiger charge is -2.26. The standard InChI is InChI=1S/C12H23N3OS/c1-5-13-12-14-7-11(17-12)8-15(6-2)10(3)9-16-4/h7,10H,5-6,8-9H2,1-4H3,(H,13,14). The van der Waals surface area contributed by atoms with Crippen LogP contribution in [0, 0.1) is 0 Å². The summed E-state index contributed by atoms with van der Waals surface area (Å²) in [5.74, 6) is 0. The van der Waals surface area contributed by atoms with Gasteiger partial charge in [-0.25, -0.2) is 4.98 Å². The first-order chi connectivity index (χ1) is 8.21. The molecule has 0 aliphatic rings. The van der Waals surface area contributed by atoms with Crippen LogP contribution in [-0.2, 0) is 11.3 Å². The van der Waals surface area contributed by atoms with Crippen molar-refractivity contribution in [3.63, 3.8) is 0 Å². The number of hydrogen-bond donors (Lipinski definition) is 1. The minimum atomic E-state index is 0.440. The third-order valence-electron chi connectivity index (χ3n) is 2.68. The molecule has 0 spiro atoms. The molecule has 0 saturated heterocycles. The van der Waals surface area contributed by atoms with Crippen molar-refractivity contribution in [2.45, 2.75) is 33.4 Å². The third kappa shape index (κ3) is 4.61. The first-order valence-electron chi connectivity index (χ1n) is 6.12. The lowest BCUT2D eigenvalue weighted by atomic mass is 10.3. The van der Waals surface area contributed by atoms with Crippen molar-refractivity contribution in [3.05, 3.63) is 11.1 Å². The second-order valence-corrected chi connectivity index (χ2v) is 5.14. The van der Waals surface area contributed by atoms with Gasteiger partial charge >= 0.3 is 0 Å². The van der Waals surface area contributed by atoms with Gasteiger partial charge in [0.25, 0.3) is 0 Å². The Hall–Kier alpha value is -0.650. The number of ether oxygens (including phenoxy) is 1. The maximum absolute atomic E-state index is 5.20. The summed E-state index contributed by atoms with van der Waals surface area (Å²) in [6.07, 6.45) is 1.96. The van der Waals surface area contributed by atoms with Gasteiger partial charge in [0.05, 0.1) is 6.61 Å². The smallest absolute Gasteiger partial charge is 0.182 e. The minimum Gasteiger partial charge on any atom is -0.383 e. The molecule has 0 radical (unpaired) electrons. The molecule has 1 aromatic rings. The number of nitrogens with zero attached hydrogens (tertiary/aromatic N) is 2. The molecule has 1 atom stereocenters. The monoisotopic (exact) mass is 257 g/mol. The van der Waals surface area contributed by atoms with E-state index in [0.29, 0.717) is 6.04 Å². The van der Waals surface area contributed by atoms with Crippen molar-refractivity contribution >= 4 is 16.5 Å². The topological polar surface area (TPSA) is 37.4 Å². The van der Waals surface area contributed by atoms with Crippen molar-refractivity contribution in [2.24, 2.45) is 0 Å². The van der Waals surface area contributed by atoms with Crippen LogP contribution in [0.15, 0.2) is 6.20 Å². The van der Waals surface area contributed by atoms with E-state index in [4.69, 9.17) is 4.74 Å². The molecule has 98 valence electrons. The quantitative estimate of drug-likeness (QED) is 0.776. The van der Waals surface area contributed by atoms with Crippen LogP contribution in [0.25, 0.3) is 0 Å². The Balaban J connectivity index is 2.54. The Morgan fingerprint density at radius 2 is 2.29 bits per heavy atom. The van der Waals surface area contributed by atoms with E-state index < -0.39 is 0 Å². The highest BCUT2D eigenvalue weighted by Gasteiger charge is 2.13. The fraction of sp³-hybridized carbons (Fsp3) is 0.750. The fourth-order valence-corrected chi connectivity index (χ4v) is 2.65. The average Bonchev–Trinajstić information content (AvgIpc) is 2.74. The fourth-order valence-electron chi connectivity index (χ4n) is 1.74. The molecule has 1 aromatic heterocycles. The van der Waals surface area contributed by atoms with Gasteiger partial charge in [-0.1, -0.05) is 6.92 Å². The van der Waals surface area contributed by atoms with E-state index in [0.717, 1.165) is 31.4 Å². The number of nitrogens with one attached hydrogen (secondary N) is 1. The average molecular weight is 257 g/mol. The van der Waals surface area contributed by atoms with Crippen molar-refractivity contribution in [3.8, 4) is 0 Å². The molecule has 0 amide bonds. The zero-order valence-corrected chi connectivity index (χ0v) is 12.0. The number of likely N-dealkylation sites (N-methyl/N-ethyl adjacent to an activating group) is 1. The van der Waals surface area contributed by atoms with Crippen LogP contribution in [0.1, 0.15) is 25.6 Å². The number of hydrogen-bond acceptors (Lipinski definition) is 5. The van der Waals surface area contributed by atoms with E-state index in [1.165, 1.54) is 4.88 Å². The van der Waals surface area contributed by atoms with Crippen molar-refractivity contribution < 1.29 is 4.74 Å². The first kappa shape index (κ1) is 14.4. The molecule has 1 rings (SSSR count). The van der Waals surface area contributed by atoms with Gasteiger partial charge in [-0.2, -0.15) is 0 Å². The van der Waals surface area contributed by atoms with E-state index in [-0.39, 0.29) is 0 Å². The zero-order chi connectivity index (χ0) is 12.7. The summed E-state index contributed by atoms with van der Waals surface area (Å²) in [6.45, 7) is 10.1. The molecule has 0 bridgehead atoms. The van der Waals surface area contributed by atoms with Crippen LogP contribution in [0.5, 0.6) is 0 Å². The molecular weight excluding hydrogens is 234 g/mol. The Kier molecular flexibility index (Phi) is 6.47. The normalized spacial score (nSPS) is 13.0. The van der Waals surface area contributed by atoms with Gasteiger partial charge in [0.2, 0.25) is 0 Å². The van der Waals surface area contributed by atoms with Crippen LogP contribution in [0.2, 0.25) is 0 Å². The molecule has 0 aliphatic carbocycles. The summed E-state index contributed by atoms with van der Waals surface area (Å²) in [5.41, 5.74) is 0. The van der Waals surface area contributed by atoms with Crippen molar-refractivity contribution in [1.29, 1.82) is 0 Å². The summed E-state index contributed by atoms with van der Waals surface area (Å²) in [6, 6.07) is 0.440. The molecule has 0 aromatic carbocycles. The first-order valence-corrected chi connectivity index (χ1v) is 6.94. The van der Waals surface area contributed by atoms with Crippen molar-refractivity contribution in [2.75, 3.05) is 32.1 Å². The lowest BCUT2D eigenvalue weighted by molar-refractivity contribution is 0.0988.